The fourth-order valence-electron chi connectivity index (χ4n) is 3.56. The van der Waals surface area contributed by atoms with Crippen LogP contribution in [0.3, 0.4) is 0 Å². The molecule has 22 heavy (non-hydrogen) atoms. The predicted octanol–water partition coefficient (Wildman–Crippen LogP) is 0.937. The summed E-state index contributed by atoms with van der Waals surface area (Å²) in [5.41, 5.74) is -0.370. The summed E-state index contributed by atoms with van der Waals surface area (Å²) >= 11 is 0. The Morgan fingerprint density at radius 3 is 2.86 bits per heavy atom. The quantitative estimate of drug-likeness (QED) is 0.828. The van der Waals surface area contributed by atoms with E-state index in [4.69, 9.17) is 4.74 Å². The van der Waals surface area contributed by atoms with Gasteiger partial charge in [0.15, 0.2) is 5.82 Å². The van der Waals surface area contributed by atoms with Gasteiger partial charge in [-0.3, -0.25) is 4.79 Å². The van der Waals surface area contributed by atoms with E-state index in [0.717, 1.165) is 19.5 Å². The van der Waals surface area contributed by atoms with Crippen LogP contribution in [0.25, 0.3) is 0 Å². The van der Waals surface area contributed by atoms with Gasteiger partial charge in [0.1, 0.15) is 0 Å². The van der Waals surface area contributed by atoms with Crippen LogP contribution in [0, 0.1) is 17.2 Å². The molecule has 120 valence electrons. The van der Waals surface area contributed by atoms with E-state index in [1.807, 2.05) is 9.80 Å². The number of carbonyl (C=O) groups excluding carboxylic acids is 1. The first kappa shape index (κ1) is 15.1. The highest BCUT2D eigenvalue weighted by molar-refractivity contribution is 5.86. The third-order valence-electron chi connectivity index (χ3n) is 4.91. The Hall–Kier alpha value is -1.76. The van der Waals surface area contributed by atoms with Crippen LogP contribution in [0.1, 0.15) is 13.3 Å². The molecule has 1 amide bonds. The average molecular weight is 308 g/mol. The van der Waals surface area contributed by atoms with Crippen molar-refractivity contribution in [2.24, 2.45) is 11.3 Å². The number of carbonyl (C=O) groups is 1. The van der Waals surface area contributed by atoms with Gasteiger partial charge in [-0.05, 0) is 12.3 Å². The Kier molecular flexibility index (Phi) is 3.99. The van der Waals surface area contributed by atoms with E-state index in [2.05, 4.69) is 16.9 Å². The van der Waals surface area contributed by atoms with Gasteiger partial charge in [0.25, 0.3) is 0 Å². The topological polar surface area (TPSA) is 58.6 Å². The monoisotopic (exact) mass is 308 g/mol. The first-order valence-corrected chi connectivity index (χ1v) is 7.57. The number of likely N-dealkylation sites (tertiary alicyclic amines) is 1. The van der Waals surface area contributed by atoms with Crippen LogP contribution in [0.4, 0.5) is 10.3 Å². The Labute approximate surface area is 129 Å². The number of anilines is 1. The Bertz CT molecular complexity index is 553. The lowest BCUT2D eigenvalue weighted by Gasteiger charge is -2.26. The third-order valence-corrected chi connectivity index (χ3v) is 4.91. The number of amides is 1. The van der Waals surface area contributed by atoms with Crippen molar-refractivity contribution in [3.63, 3.8) is 0 Å². The number of hydrogen-bond acceptors (Lipinski definition) is 5. The minimum atomic E-state index is -0.451. The molecule has 0 saturated carbocycles. The molecule has 3 heterocycles. The number of nitrogens with zero attached hydrogens (tertiary/aromatic N) is 4. The van der Waals surface area contributed by atoms with Crippen molar-refractivity contribution in [2.75, 3.05) is 44.8 Å². The molecule has 0 aromatic carbocycles. The van der Waals surface area contributed by atoms with Gasteiger partial charge in [0.05, 0.1) is 24.4 Å². The second-order valence-electron chi connectivity index (χ2n) is 6.17. The molecule has 0 bridgehead atoms. The maximum atomic E-state index is 13.0. The molecule has 2 aliphatic rings. The van der Waals surface area contributed by atoms with Crippen LogP contribution in [0.15, 0.2) is 12.4 Å². The average Bonchev–Trinajstić information content (AvgIpc) is 3.01. The van der Waals surface area contributed by atoms with Crippen molar-refractivity contribution in [3.05, 3.63) is 18.2 Å². The van der Waals surface area contributed by atoms with Crippen molar-refractivity contribution >= 4 is 11.9 Å². The zero-order valence-electron chi connectivity index (χ0n) is 13.0. The molecular formula is C15H21FN4O2. The van der Waals surface area contributed by atoms with Gasteiger partial charge in [-0.1, -0.05) is 6.92 Å². The summed E-state index contributed by atoms with van der Waals surface area (Å²) in [6, 6.07) is 0. The zero-order valence-corrected chi connectivity index (χ0v) is 13.0. The summed E-state index contributed by atoms with van der Waals surface area (Å²) in [5.74, 6) is 0.463. The number of methoxy groups -OCH3 is 1. The molecule has 2 saturated heterocycles. The van der Waals surface area contributed by atoms with Gasteiger partial charge in [-0.25, -0.2) is 14.4 Å². The van der Waals surface area contributed by atoms with Crippen LogP contribution in [0.5, 0.6) is 0 Å². The van der Waals surface area contributed by atoms with E-state index in [1.54, 1.807) is 7.11 Å². The molecule has 2 atom stereocenters. The molecule has 0 aliphatic carbocycles. The van der Waals surface area contributed by atoms with E-state index in [9.17, 15) is 9.18 Å². The van der Waals surface area contributed by atoms with Crippen molar-refractivity contribution in [3.8, 4) is 0 Å². The second kappa shape index (κ2) is 5.79. The highest BCUT2D eigenvalue weighted by Gasteiger charge is 2.55. The van der Waals surface area contributed by atoms with Gasteiger partial charge < -0.3 is 14.5 Å². The van der Waals surface area contributed by atoms with E-state index in [0.29, 0.717) is 25.6 Å². The summed E-state index contributed by atoms with van der Waals surface area (Å²) in [4.78, 5) is 24.8. The lowest BCUT2D eigenvalue weighted by Crippen LogP contribution is -2.40. The highest BCUT2D eigenvalue weighted by Crippen LogP contribution is 2.45. The number of rotatable bonds is 4. The van der Waals surface area contributed by atoms with Gasteiger partial charge in [-0.15, -0.1) is 0 Å². The standard InChI is InChI=1S/C15H21FN4O2/c1-11-9-20(14-17-7-12(16)8-18-14)10-15(11)3-4-19(13(15)21)5-6-22-2/h7-8,11H,3-6,9-10H2,1-2H3/t11-,15-/m0/s1. The molecule has 1 aromatic heterocycles. The summed E-state index contributed by atoms with van der Waals surface area (Å²) in [6.45, 7) is 5.38. The van der Waals surface area contributed by atoms with E-state index in [1.165, 1.54) is 12.4 Å². The lowest BCUT2D eigenvalue weighted by atomic mass is 9.78. The molecule has 0 unspecified atom stereocenters. The molecule has 2 fully saturated rings. The number of ether oxygens (including phenoxy) is 1. The smallest absolute Gasteiger partial charge is 0.231 e. The van der Waals surface area contributed by atoms with Gasteiger partial charge >= 0.3 is 0 Å². The van der Waals surface area contributed by atoms with Crippen LogP contribution >= 0.6 is 0 Å². The second-order valence-corrected chi connectivity index (χ2v) is 6.17. The summed E-state index contributed by atoms with van der Waals surface area (Å²) in [5, 5.41) is 0. The Balaban J connectivity index is 1.75. The Morgan fingerprint density at radius 2 is 2.18 bits per heavy atom. The van der Waals surface area contributed by atoms with Crippen molar-refractivity contribution in [1.29, 1.82) is 0 Å². The van der Waals surface area contributed by atoms with Crippen LogP contribution in [0.2, 0.25) is 0 Å². The summed E-state index contributed by atoms with van der Waals surface area (Å²) in [7, 11) is 1.64. The highest BCUT2D eigenvalue weighted by atomic mass is 19.1. The van der Waals surface area contributed by atoms with Crippen molar-refractivity contribution < 1.29 is 13.9 Å². The SMILES string of the molecule is COCCN1CC[C@@]2(CN(c3ncc(F)cn3)C[C@@H]2C)C1=O. The third kappa shape index (κ3) is 2.43. The number of halogens is 1. The van der Waals surface area contributed by atoms with Crippen LogP contribution in [-0.2, 0) is 9.53 Å². The fourth-order valence-corrected chi connectivity index (χ4v) is 3.56. The minimum Gasteiger partial charge on any atom is -0.383 e. The van der Waals surface area contributed by atoms with Gasteiger partial charge in [-0.2, -0.15) is 0 Å². The zero-order chi connectivity index (χ0) is 15.7. The van der Waals surface area contributed by atoms with Gasteiger partial charge in [0.2, 0.25) is 11.9 Å². The molecule has 1 spiro atoms. The summed E-state index contributed by atoms with van der Waals surface area (Å²) < 4.78 is 18.0. The lowest BCUT2D eigenvalue weighted by molar-refractivity contribution is -0.137. The molecule has 7 heteroatoms. The number of hydrogen-bond donors (Lipinski definition) is 0. The maximum absolute atomic E-state index is 13.0. The van der Waals surface area contributed by atoms with Crippen LogP contribution < -0.4 is 4.90 Å². The first-order valence-electron chi connectivity index (χ1n) is 7.57. The molecule has 1 aromatic rings. The molecule has 3 rings (SSSR count). The van der Waals surface area contributed by atoms with Gasteiger partial charge in [0, 0.05) is 33.3 Å². The first-order chi connectivity index (χ1) is 10.6. The van der Waals surface area contributed by atoms with Crippen LogP contribution in [-0.4, -0.2) is 60.7 Å². The van der Waals surface area contributed by atoms with Crippen molar-refractivity contribution in [2.45, 2.75) is 13.3 Å². The van der Waals surface area contributed by atoms with E-state index < -0.39 is 5.82 Å². The molecule has 0 radical (unpaired) electrons. The maximum Gasteiger partial charge on any atom is 0.231 e. The molecule has 0 N–H and O–H groups in total. The molecular weight excluding hydrogens is 287 g/mol. The number of aromatic nitrogens is 2. The largest absolute Gasteiger partial charge is 0.383 e. The fraction of sp³-hybridized carbons (Fsp3) is 0.667. The van der Waals surface area contributed by atoms with E-state index in [-0.39, 0.29) is 17.2 Å². The Morgan fingerprint density at radius 1 is 1.45 bits per heavy atom. The molecule has 2 aliphatic heterocycles. The normalized spacial score (nSPS) is 28.1. The van der Waals surface area contributed by atoms with E-state index >= 15 is 0 Å². The molecule has 6 nitrogen and oxygen atoms in total. The van der Waals surface area contributed by atoms with Crippen molar-refractivity contribution in [1.82, 2.24) is 14.9 Å². The summed E-state index contributed by atoms with van der Waals surface area (Å²) in [6.07, 6.45) is 3.17. The predicted molar refractivity (Wildman–Crippen MR) is 78.9 cm³/mol. The minimum absolute atomic E-state index is 0.196.